The second kappa shape index (κ2) is 12.3. The SMILES string of the molecule is C[C@@H](O)[C@H]1C(=O)N2C(C(=O)O)=C(S[C@H]3C[C@@H](C(=O)Nc4cccc(C(=O)O)c4)N(Cc4c(Cl)cc(Cl)cc4Cl)C3)[C@H](C)[C@H]12. The number of hydrogen-bond donors (Lipinski definition) is 4. The summed E-state index contributed by atoms with van der Waals surface area (Å²) in [7, 11) is 0. The molecular weight excluding hydrogens is 641 g/mol. The van der Waals surface area contributed by atoms with Gasteiger partial charge in [-0.3, -0.25) is 14.5 Å². The zero-order valence-electron chi connectivity index (χ0n) is 23.0. The number of aliphatic hydroxyl groups excluding tert-OH is 1. The van der Waals surface area contributed by atoms with Gasteiger partial charge in [0.25, 0.3) is 0 Å². The standard InChI is InChI=1S/C29H28Cl3N3O7S/c1-12-23-22(13(2)36)27(38)35(23)24(29(41)42)25(12)43-17-9-21(26(37)33-16-5-3-4-14(6-16)28(39)40)34(10-17)11-18-19(31)7-15(30)8-20(18)32/h3-8,12-13,17,21-23,36H,9-11H2,1-2H3,(H,33,37)(H,39,40)(H,41,42)/t12-,13-,17+,21+,22-,23-/m1/s1. The summed E-state index contributed by atoms with van der Waals surface area (Å²) in [5, 5.41) is 33.1. The van der Waals surface area contributed by atoms with Gasteiger partial charge in [-0.15, -0.1) is 11.8 Å². The number of carbonyl (C=O) groups is 4. The average Bonchev–Trinajstić information content (AvgIpc) is 3.43. The first-order valence-corrected chi connectivity index (χ1v) is 15.5. The van der Waals surface area contributed by atoms with E-state index in [0.29, 0.717) is 44.2 Å². The van der Waals surface area contributed by atoms with Crippen molar-refractivity contribution in [3.63, 3.8) is 0 Å². The van der Waals surface area contributed by atoms with Crippen molar-refractivity contribution in [2.24, 2.45) is 11.8 Å². The number of halogens is 3. The van der Waals surface area contributed by atoms with E-state index in [1.807, 2.05) is 11.8 Å². The molecule has 0 spiro atoms. The number of nitrogens with one attached hydrogen (secondary N) is 1. The van der Waals surface area contributed by atoms with Crippen molar-refractivity contribution >= 4 is 76.0 Å². The number of carboxylic acids is 2. The minimum Gasteiger partial charge on any atom is -0.478 e. The van der Waals surface area contributed by atoms with E-state index in [0.717, 1.165) is 0 Å². The zero-order valence-corrected chi connectivity index (χ0v) is 26.0. The number of fused-ring (bicyclic) bond motifs is 1. The number of carboxylic acid groups (broad SMARTS) is 2. The zero-order chi connectivity index (χ0) is 31.3. The molecule has 228 valence electrons. The molecule has 2 saturated heterocycles. The van der Waals surface area contributed by atoms with E-state index in [4.69, 9.17) is 34.8 Å². The molecule has 2 aromatic carbocycles. The van der Waals surface area contributed by atoms with E-state index in [1.165, 1.54) is 41.8 Å². The molecule has 2 amide bonds. The summed E-state index contributed by atoms with van der Waals surface area (Å²) in [6, 6.07) is 7.86. The van der Waals surface area contributed by atoms with Gasteiger partial charge in [-0.1, -0.05) is 47.8 Å². The number of hydrogen-bond acceptors (Lipinski definition) is 7. The Balaban J connectivity index is 1.43. The van der Waals surface area contributed by atoms with Crippen molar-refractivity contribution in [3.05, 3.63) is 73.2 Å². The van der Waals surface area contributed by atoms with Crippen molar-refractivity contribution < 1.29 is 34.5 Å². The summed E-state index contributed by atoms with van der Waals surface area (Å²) in [4.78, 5) is 53.8. The number of nitrogens with zero attached hydrogens (tertiary/aromatic N) is 2. The fourth-order valence-corrected chi connectivity index (χ4v) is 8.63. The second-order valence-corrected chi connectivity index (χ2v) is 13.5. The molecule has 0 unspecified atom stereocenters. The van der Waals surface area contributed by atoms with Gasteiger partial charge < -0.3 is 25.5 Å². The molecule has 10 nitrogen and oxygen atoms in total. The first kappa shape index (κ1) is 31.6. The van der Waals surface area contributed by atoms with Crippen LogP contribution in [0.5, 0.6) is 0 Å². The van der Waals surface area contributed by atoms with Crippen LogP contribution in [0.25, 0.3) is 0 Å². The molecule has 14 heteroatoms. The topological polar surface area (TPSA) is 147 Å². The van der Waals surface area contributed by atoms with Crippen LogP contribution < -0.4 is 5.32 Å². The van der Waals surface area contributed by atoms with Gasteiger partial charge in [0.1, 0.15) is 5.70 Å². The Bertz CT molecular complexity index is 1530. The highest BCUT2D eigenvalue weighted by atomic mass is 35.5. The third-order valence-electron chi connectivity index (χ3n) is 8.12. The van der Waals surface area contributed by atoms with Crippen LogP contribution in [0.15, 0.2) is 47.0 Å². The van der Waals surface area contributed by atoms with Crippen molar-refractivity contribution in [1.82, 2.24) is 9.80 Å². The molecule has 5 rings (SSSR count). The number of likely N-dealkylation sites (tertiary alicyclic amines) is 1. The summed E-state index contributed by atoms with van der Waals surface area (Å²) in [6.45, 7) is 3.92. The Morgan fingerprint density at radius 2 is 1.77 bits per heavy atom. The molecule has 0 radical (unpaired) electrons. The lowest BCUT2D eigenvalue weighted by Gasteiger charge is -2.46. The predicted octanol–water partition coefficient (Wildman–Crippen LogP) is 4.81. The summed E-state index contributed by atoms with van der Waals surface area (Å²) in [5.74, 6) is -4.16. The molecule has 3 heterocycles. The lowest BCUT2D eigenvalue weighted by molar-refractivity contribution is -0.163. The Morgan fingerprint density at radius 3 is 2.37 bits per heavy atom. The quantitative estimate of drug-likeness (QED) is 0.276. The van der Waals surface area contributed by atoms with Crippen LogP contribution >= 0.6 is 46.6 Å². The smallest absolute Gasteiger partial charge is 0.353 e. The molecule has 0 bridgehead atoms. The molecule has 4 N–H and O–H groups in total. The number of rotatable bonds is 9. The number of β-lactam (4-membered cyclic amide) rings is 1. The number of thioether (sulfide) groups is 1. The van der Waals surface area contributed by atoms with E-state index in [2.05, 4.69) is 5.32 Å². The largest absolute Gasteiger partial charge is 0.478 e. The van der Waals surface area contributed by atoms with Gasteiger partial charge in [0.05, 0.1) is 29.7 Å². The molecule has 6 atom stereocenters. The maximum absolute atomic E-state index is 13.6. The summed E-state index contributed by atoms with van der Waals surface area (Å²) >= 11 is 20.4. The van der Waals surface area contributed by atoms with Crippen molar-refractivity contribution in [2.45, 2.75) is 50.3 Å². The van der Waals surface area contributed by atoms with Crippen molar-refractivity contribution in [3.8, 4) is 0 Å². The minimum atomic E-state index is -1.23. The highest BCUT2D eigenvalue weighted by Crippen LogP contribution is 2.52. The highest BCUT2D eigenvalue weighted by Gasteiger charge is 2.60. The van der Waals surface area contributed by atoms with Crippen molar-refractivity contribution in [1.29, 1.82) is 0 Å². The molecule has 3 aliphatic heterocycles. The normalized spacial score (nSPS) is 25.9. The molecule has 0 aromatic heterocycles. The van der Waals surface area contributed by atoms with Crippen LogP contribution in [0, 0.1) is 11.8 Å². The maximum atomic E-state index is 13.6. The van der Waals surface area contributed by atoms with Crippen LogP contribution in [0.1, 0.15) is 36.2 Å². The van der Waals surface area contributed by atoms with Crippen LogP contribution in [0.4, 0.5) is 5.69 Å². The number of aliphatic hydroxyl groups is 1. The second-order valence-electron chi connectivity index (χ2n) is 10.9. The molecule has 3 aliphatic rings. The minimum absolute atomic E-state index is 0.0206. The maximum Gasteiger partial charge on any atom is 0.353 e. The molecule has 43 heavy (non-hydrogen) atoms. The predicted molar refractivity (Wildman–Crippen MR) is 163 cm³/mol. The first-order chi connectivity index (χ1) is 20.3. The number of benzene rings is 2. The molecule has 2 aromatic rings. The Hall–Kier alpha value is -2.80. The van der Waals surface area contributed by atoms with Gasteiger partial charge in [0, 0.05) is 55.5 Å². The van der Waals surface area contributed by atoms with E-state index < -0.39 is 42.0 Å². The van der Waals surface area contributed by atoms with Gasteiger partial charge in [0.2, 0.25) is 11.8 Å². The monoisotopic (exact) mass is 667 g/mol. The van der Waals surface area contributed by atoms with Gasteiger partial charge >= 0.3 is 11.9 Å². The van der Waals surface area contributed by atoms with Gasteiger partial charge in [-0.25, -0.2) is 9.59 Å². The van der Waals surface area contributed by atoms with Crippen LogP contribution in [-0.2, 0) is 20.9 Å². The van der Waals surface area contributed by atoms with E-state index in [1.54, 1.807) is 18.2 Å². The van der Waals surface area contributed by atoms with E-state index in [-0.39, 0.29) is 34.9 Å². The molecule has 2 fully saturated rings. The number of aliphatic carboxylic acids is 1. The summed E-state index contributed by atoms with van der Waals surface area (Å²) in [5.41, 5.74) is 0.819. The number of carbonyl (C=O) groups excluding carboxylic acids is 2. The fourth-order valence-electron chi connectivity index (χ4n) is 6.13. The van der Waals surface area contributed by atoms with Gasteiger partial charge in [0.15, 0.2) is 0 Å². The number of amides is 2. The summed E-state index contributed by atoms with van der Waals surface area (Å²) in [6.07, 6.45) is -0.598. The van der Waals surface area contributed by atoms with Gasteiger partial charge in [-0.05, 0) is 43.7 Å². The van der Waals surface area contributed by atoms with Crippen LogP contribution in [0.3, 0.4) is 0 Å². The fraction of sp³-hybridized carbons (Fsp3) is 0.379. The van der Waals surface area contributed by atoms with Crippen LogP contribution in [-0.4, -0.2) is 78.9 Å². The third kappa shape index (κ3) is 5.99. The lowest BCUT2D eigenvalue weighted by atomic mass is 9.79. The Morgan fingerprint density at radius 1 is 1.09 bits per heavy atom. The van der Waals surface area contributed by atoms with Crippen molar-refractivity contribution in [2.75, 3.05) is 11.9 Å². The number of anilines is 1. The molecule has 0 aliphatic carbocycles. The van der Waals surface area contributed by atoms with Crippen LogP contribution in [0.2, 0.25) is 15.1 Å². The number of aromatic carboxylic acids is 1. The molecular formula is C29H28Cl3N3O7S. The lowest BCUT2D eigenvalue weighted by Crippen LogP contribution is -2.63. The highest BCUT2D eigenvalue weighted by molar-refractivity contribution is 8.03. The Kier molecular flexibility index (Phi) is 9.04. The first-order valence-electron chi connectivity index (χ1n) is 13.4. The van der Waals surface area contributed by atoms with Gasteiger partial charge in [-0.2, -0.15) is 0 Å². The molecule has 0 saturated carbocycles. The van der Waals surface area contributed by atoms with E-state index in [9.17, 15) is 34.5 Å². The average molecular weight is 669 g/mol. The third-order valence-corrected chi connectivity index (χ3v) is 10.5. The Labute approximate surface area is 266 Å². The summed E-state index contributed by atoms with van der Waals surface area (Å²) < 4.78 is 0. The van der Waals surface area contributed by atoms with E-state index >= 15 is 0 Å².